The molecule has 0 unspecified atom stereocenters. The Morgan fingerprint density at radius 2 is 1.85 bits per heavy atom. The van der Waals surface area contributed by atoms with E-state index in [1.165, 1.54) is 44.9 Å². The molecule has 0 aromatic heterocycles. The van der Waals surface area contributed by atoms with Crippen LogP contribution in [0.4, 0.5) is 0 Å². The molecule has 0 aromatic carbocycles. The van der Waals surface area contributed by atoms with Gasteiger partial charge in [0, 0.05) is 12.5 Å². The van der Waals surface area contributed by atoms with Gasteiger partial charge in [0.25, 0.3) is 0 Å². The SMILES string of the molecule is CC[C@]1(C)CC[C@@H]2[C@H](CC[C@]3(C)[C@@H](C(=O)CBr)CC[C@@H]23)[C@H]1C[C@@H](C)CO. The summed E-state index contributed by atoms with van der Waals surface area (Å²) in [5, 5.41) is 10.2. The Morgan fingerprint density at radius 3 is 2.46 bits per heavy atom. The molecule has 26 heavy (non-hydrogen) atoms. The fourth-order valence-electron chi connectivity index (χ4n) is 7.46. The van der Waals surface area contributed by atoms with Crippen molar-refractivity contribution in [1.29, 1.82) is 0 Å². The van der Waals surface area contributed by atoms with E-state index in [1.54, 1.807) is 0 Å². The van der Waals surface area contributed by atoms with Crippen molar-refractivity contribution in [3.8, 4) is 0 Å². The van der Waals surface area contributed by atoms with Crippen LogP contribution in [0, 0.1) is 46.3 Å². The molecule has 3 saturated carbocycles. The molecule has 1 N–H and O–H groups in total. The van der Waals surface area contributed by atoms with Gasteiger partial charge < -0.3 is 5.11 Å². The maximum absolute atomic E-state index is 12.6. The summed E-state index contributed by atoms with van der Waals surface area (Å²) >= 11 is 3.43. The molecule has 0 bridgehead atoms. The van der Waals surface area contributed by atoms with Gasteiger partial charge in [-0.25, -0.2) is 0 Å². The van der Waals surface area contributed by atoms with E-state index >= 15 is 0 Å². The number of ketones is 1. The summed E-state index contributed by atoms with van der Waals surface area (Å²) in [7, 11) is 0. The highest BCUT2D eigenvalue weighted by molar-refractivity contribution is 9.09. The quantitative estimate of drug-likeness (QED) is 0.540. The predicted octanol–water partition coefficient (Wildman–Crippen LogP) is 5.85. The fraction of sp³-hybridized carbons (Fsp3) is 0.957. The van der Waals surface area contributed by atoms with E-state index in [2.05, 4.69) is 43.6 Å². The van der Waals surface area contributed by atoms with Crippen LogP contribution >= 0.6 is 15.9 Å². The number of carbonyl (C=O) groups excluding carboxylic acids is 1. The monoisotopic (exact) mass is 426 g/mol. The zero-order valence-corrected chi connectivity index (χ0v) is 18.9. The number of carbonyl (C=O) groups is 1. The van der Waals surface area contributed by atoms with E-state index in [0.717, 1.165) is 30.1 Å². The van der Waals surface area contributed by atoms with Crippen LogP contribution in [0.3, 0.4) is 0 Å². The largest absolute Gasteiger partial charge is 0.396 e. The maximum atomic E-state index is 12.6. The Kier molecular flexibility index (Phi) is 6.29. The first-order chi connectivity index (χ1) is 12.3. The second-order valence-electron chi connectivity index (χ2n) is 10.4. The molecule has 150 valence electrons. The van der Waals surface area contributed by atoms with Crippen LogP contribution in [0.5, 0.6) is 0 Å². The van der Waals surface area contributed by atoms with Gasteiger partial charge in [0.2, 0.25) is 0 Å². The number of fused-ring (bicyclic) bond motifs is 3. The zero-order chi connectivity index (χ0) is 19.1. The third-order valence-electron chi connectivity index (χ3n) is 9.25. The molecular weight excluding hydrogens is 388 g/mol. The summed E-state index contributed by atoms with van der Waals surface area (Å²) < 4.78 is 0. The molecule has 8 atom stereocenters. The number of hydrogen-bond donors (Lipinski definition) is 1. The highest BCUT2D eigenvalue weighted by atomic mass is 79.9. The summed E-state index contributed by atoms with van der Waals surface area (Å²) in [5.74, 6) is 4.21. The lowest BCUT2D eigenvalue weighted by molar-refractivity contribution is -0.129. The number of rotatable bonds is 6. The molecule has 3 aliphatic rings. The molecule has 0 aliphatic heterocycles. The van der Waals surface area contributed by atoms with Crippen molar-refractivity contribution in [2.75, 3.05) is 11.9 Å². The molecule has 3 fully saturated rings. The van der Waals surface area contributed by atoms with E-state index in [9.17, 15) is 9.90 Å². The second kappa shape index (κ2) is 7.85. The van der Waals surface area contributed by atoms with E-state index in [1.807, 2.05) is 0 Å². The van der Waals surface area contributed by atoms with Crippen LogP contribution in [-0.2, 0) is 4.79 Å². The average Bonchev–Trinajstić information content (AvgIpc) is 3.00. The van der Waals surface area contributed by atoms with Crippen molar-refractivity contribution in [3.05, 3.63) is 0 Å². The first kappa shape index (κ1) is 20.8. The van der Waals surface area contributed by atoms with E-state index in [-0.39, 0.29) is 11.3 Å². The Balaban J connectivity index is 1.85. The predicted molar refractivity (Wildman–Crippen MR) is 111 cm³/mol. The fourth-order valence-corrected chi connectivity index (χ4v) is 7.85. The topological polar surface area (TPSA) is 37.3 Å². The molecule has 0 radical (unpaired) electrons. The minimum Gasteiger partial charge on any atom is -0.396 e. The Labute approximate surface area is 169 Å². The van der Waals surface area contributed by atoms with Gasteiger partial charge in [0.05, 0.1) is 5.33 Å². The van der Waals surface area contributed by atoms with Gasteiger partial charge >= 0.3 is 0 Å². The first-order valence-corrected chi connectivity index (χ1v) is 12.1. The van der Waals surface area contributed by atoms with Crippen LogP contribution in [0.25, 0.3) is 0 Å². The number of aliphatic hydroxyl groups is 1. The minimum atomic E-state index is 0.235. The number of Topliss-reactive ketones (excluding diaryl/α,β-unsaturated/α-hetero) is 1. The summed E-state index contributed by atoms with van der Waals surface area (Å²) in [6.07, 6.45) is 10.0. The number of alkyl halides is 1. The first-order valence-electron chi connectivity index (χ1n) is 11.0. The van der Waals surface area contributed by atoms with Crippen LogP contribution < -0.4 is 0 Å². The standard InChI is InChI=1S/C23H39BrO2/c1-5-22(3)10-8-16-17(20(22)12-15(2)14-25)9-11-23(4)18(16)6-7-19(23)21(26)13-24/h15-20,25H,5-14H2,1-4H3/t15-,16-,17+,18+,19-,20-,22-,23+/m1/s1. The van der Waals surface area contributed by atoms with E-state index in [4.69, 9.17) is 0 Å². The molecular formula is C23H39BrO2. The molecule has 3 heteroatoms. The Morgan fingerprint density at radius 1 is 1.15 bits per heavy atom. The molecule has 0 heterocycles. The number of hydrogen-bond acceptors (Lipinski definition) is 2. The third-order valence-corrected chi connectivity index (χ3v) is 9.80. The molecule has 2 nitrogen and oxygen atoms in total. The summed E-state index contributed by atoms with van der Waals surface area (Å²) in [4.78, 5) is 12.6. The smallest absolute Gasteiger partial charge is 0.147 e. The lowest BCUT2D eigenvalue weighted by Gasteiger charge is -2.58. The minimum absolute atomic E-state index is 0.235. The van der Waals surface area contributed by atoms with Crippen molar-refractivity contribution in [1.82, 2.24) is 0 Å². The average molecular weight is 427 g/mol. The van der Waals surface area contributed by atoms with Crippen molar-refractivity contribution in [2.24, 2.45) is 46.3 Å². The summed E-state index contributed by atoms with van der Waals surface area (Å²) in [5.41, 5.74) is 0.668. The van der Waals surface area contributed by atoms with Gasteiger partial charge in [-0.3, -0.25) is 4.79 Å². The van der Waals surface area contributed by atoms with Gasteiger partial charge in [0.15, 0.2) is 0 Å². The third kappa shape index (κ3) is 3.34. The summed E-state index contributed by atoms with van der Waals surface area (Å²) in [6, 6.07) is 0. The van der Waals surface area contributed by atoms with Gasteiger partial charge in [0.1, 0.15) is 5.78 Å². The molecule has 0 amide bonds. The normalized spacial score (nSPS) is 46.5. The van der Waals surface area contributed by atoms with Crippen molar-refractivity contribution < 1.29 is 9.90 Å². The van der Waals surface area contributed by atoms with Crippen LogP contribution in [0.15, 0.2) is 0 Å². The number of halogens is 1. The number of aliphatic hydroxyl groups excluding tert-OH is 1. The molecule has 0 saturated heterocycles. The molecule has 3 aliphatic carbocycles. The van der Waals surface area contributed by atoms with Crippen molar-refractivity contribution >= 4 is 21.7 Å². The van der Waals surface area contributed by atoms with E-state index in [0.29, 0.717) is 29.1 Å². The molecule has 0 spiro atoms. The van der Waals surface area contributed by atoms with E-state index < -0.39 is 0 Å². The Hall–Kier alpha value is 0.110. The van der Waals surface area contributed by atoms with Crippen molar-refractivity contribution in [3.63, 3.8) is 0 Å². The summed E-state index contributed by atoms with van der Waals surface area (Å²) in [6.45, 7) is 9.84. The van der Waals surface area contributed by atoms with Gasteiger partial charge in [-0.2, -0.15) is 0 Å². The van der Waals surface area contributed by atoms with Crippen LogP contribution in [-0.4, -0.2) is 22.8 Å². The lowest BCUT2D eigenvalue weighted by atomic mass is 9.47. The van der Waals surface area contributed by atoms with Crippen LogP contribution in [0.1, 0.15) is 79.1 Å². The van der Waals surface area contributed by atoms with Gasteiger partial charge in [-0.1, -0.05) is 50.0 Å². The molecule has 3 rings (SSSR count). The second-order valence-corrected chi connectivity index (χ2v) is 10.9. The maximum Gasteiger partial charge on any atom is 0.147 e. The molecule has 0 aromatic rings. The van der Waals surface area contributed by atoms with Gasteiger partial charge in [-0.05, 0) is 85.4 Å². The highest BCUT2D eigenvalue weighted by Crippen LogP contribution is 2.65. The van der Waals surface area contributed by atoms with Crippen LogP contribution in [0.2, 0.25) is 0 Å². The Bertz CT molecular complexity index is 520. The van der Waals surface area contributed by atoms with Crippen molar-refractivity contribution in [2.45, 2.75) is 79.1 Å². The lowest BCUT2D eigenvalue weighted by Crippen LogP contribution is -2.51. The highest BCUT2D eigenvalue weighted by Gasteiger charge is 2.59. The zero-order valence-electron chi connectivity index (χ0n) is 17.3. The van der Waals surface area contributed by atoms with Gasteiger partial charge in [-0.15, -0.1) is 0 Å².